The third-order valence-corrected chi connectivity index (χ3v) is 122. The summed E-state index contributed by atoms with van der Waals surface area (Å²) in [5.74, 6) is -0.531. The number of rotatable bonds is 6. The van der Waals surface area contributed by atoms with Gasteiger partial charge in [-0.3, -0.25) is 0 Å². The van der Waals surface area contributed by atoms with Gasteiger partial charge >= 0.3 is 7.12 Å². The van der Waals surface area contributed by atoms with Gasteiger partial charge in [-0.15, -0.1) is 22.7 Å². The Bertz CT molecular complexity index is 7810. The van der Waals surface area contributed by atoms with E-state index in [1.807, 2.05) is 155 Å². The van der Waals surface area contributed by atoms with E-state index in [1.165, 1.54) is 64.6 Å². The first-order chi connectivity index (χ1) is 61.0. The first-order valence-electron chi connectivity index (χ1n) is 30.2. The van der Waals surface area contributed by atoms with E-state index >= 15 is 0 Å². The smallest absolute Gasteiger partial charge is 0.397 e. The average molecular weight is 2880 g/mol. The number of fused-ring (bicyclic) bond motifs is 2. The van der Waals surface area contributed by atoms with Crippen molar-refractivity contribution in [2.75, 3.05) is 0 Å². The first kappa shape index (κ1) is 120. The van der Waals surface area contributed by atoms with Crippen molar-refractivity contribution in [3.63, 3.8) is 0 Å². The van der Waals surface area contributed by atoms with Crippen LogP contribution in [0.1, 0.15) is 27.7 Å². The molecule has 73 heteroatoms. The van der Waals surface area contributed by atoms with Crippen LogP contribution in [0.25, 0.3) is 76.4 Å². The van der Waals surface area contributed by atoms with Crippen LogP contribution in [-0.2, 0) is 529 Å². The molecule has 4 aromatic heterocycles. The van der Waals surface area contributed by atoms with Gasteiger partial charge in [-0.2, -0.15) is 0 Å². The molecular formula is C52H38BF4IN6O2S59. The molecule has 680 valence electrons. The van der Waals surface area contributed by atoms with E-state index in [0.29, 0.717) is 49.8 Å². The summed E-state index contributed by atoms with van der Waals surface area (Å²) in [6, 6.07) is 48.0. The van der Waals surface area contributed by atoms with Crippen LogP contribution in [0.3, 0.4) is 0 Å². The first-order valence-corrected chi connectivity index (χ1v) is 105. The number of hydrogen-bond acceptors (Lipinski definition) is 16. The fraction of sp³-hybridized carbons (Fsp3) is 0.115. The highest BCUT2D eigenvalue weighted by atomic mass is 127. The van der Waals surface area contributed by atoms with Gasteiger partial charge in [0.1, 0.15) is 0 Å². The minimum absolute atomic E-state index is 0.253. The van der Waals surface area contributed by atoms with E-state index in [1.54, 1.807) is 418 Å². The van der Waals surface area contributed by atoms with Crippen molar-refractivity contribution in [3.05, 3.63) is 184 Å². The molecule has 1 aliphatic heterocycles. The van der Waals surface area contributed by atoms with Gasteiger partial charge in [-0.05, 0) is 85.3 Å². The van der Waals surface area contributed by atoms with Gasteiger partial charge in [0.05, 0.1) is 28.4 Å². The normalized spacial score (nSPS) is 10.8. The zero-order chi connectivity index (χ0) is 89.6. The quantitative estimate of drug-likeness (QED) is 0.0898. The number of thiophene rings is 2. The molecule has 125 heavy (non-hydrogen) atoms. The molecule has 0 atom stereocenters. The van der Waals surface area contributed by atoms with Crippen molar-refractivity contribution in [2.45, 2.75) is 38.9 Å². The van der Waals surface area contributed by atoms with Crippen LogP contribution in [0, 0.1) is 26.2 Å². The molecule has 0 unspecified atom stereocenters. The highest BCUT2D eigenvalue weighted by molar-refractivity contribution is 14.1. The second kappa shape index (κ2) is 76.9. The molecule has 1 aliphatic rings. The van der Waals surface area contributed by atoms with Crippen molar-refractivity contribution in [3.8, 4) is 56.3 Å². The molecule has 0 amide bonds. The molecule has 1 saturated heterocycles. The van der Waals surface area contributed by atoms with Gasteiger partial charge in [0.2, 0.25) is 0 Å². The Balaban J connectivity index is 0.000000237. The Morgan fingerprint density at radius 1 is 0.280 bits per heavy atom. The Labute approximate surface area is 914 Å². The largest absolute Gasteiger partial charge is 0.534 e. The van der Waals surface area contributed by atoms with E-state index in [9.17, 15) is 17.6 Å². The van der Waals surface area contributed by atoms with Crippen LogP contribution in [-0.4, -0.2) is 48.2 Å². The van der Waals surface area contributed by atoms with Crippen LogP contribution in [0.2, 0.25) is 0 Å². The summed E-state index contributed by atoms with van der Waals surface area (Å²) < 4.78 is 67.5. The molecule has 0 radical (unpaired) electrons. The molecular weight excluding hydrogens is 2850 g/mol. The van der Waals surface area contributed by atoms with Gasteiger partial charge < -0.3 is 9.31 Å². The number of halogens is 5. The summed E-state index contributed by atoms with van der Waals surface area (Å²) in [6.45, 7) is 8.07. The molecule has 0 saturated carbocycles. The fourth-order valence-corrected chi connectivity index (χ4v) is 134. The predicted octanol–water partition coefficient (Wildman–Crippen LogP) is 13.5. The Morgan fingerprint density at radius 2 is 0.496 bits per heavy atom. The predicted molar refractivity (Wildman–Crippen MR) is 692 cm³/mol. The van der Waals surface area contributed by atoms with Crippen molar-refractivity contribution in [1.29, 1.82) is 0 Å². The highest BCUT2D eigenvalue weighted by Crippen LogP contribution is 2.38. The lowest BCUT2D eigenvalue weighted by atomic mass is 9.89. The van der Waals surface area contributed by atoms with Crippen molar-refractivity contribution < 1.29 is 26.9 Å². The molecule has 10 aromatic rings. The van der Waals surface area contributed by atoms with E-state index in [0.717, 1.165) is 54.0 Å². The molecule has 0 aliphatic carbocycles. The molecule has 6 aromatic carbocycles. The molecule has 0 bridgehead atoms. The van der Waals surface area contributed by atoms with Crippen LogP contribution in [0.15, 0.2) is 158 Å². The minimum Gasteiger partial charge on any atom is -0.397 e. The third kappa shape index (κ3) is 51.8. The number of nitrogens with zero attached hydrogens (tertiary/aromatic N) is 6. The van der Waals surface area contributed by atoms with Crippen LogP contribution < -0.4 is 5.72 Å². The van der Waals surface area contributed by atoms with Crippen LogP contribution in [0.5, 0.6) is 0 Å². The standard InChI is InChI=1S/C23H13F2N3S.C21H22BN3O2.C8H3F2IS.S20.S19.S18/c24-17-12-11-16-13-18(29-20(16)19(17)25)23-27-21(14-7-3-1-4-8-14)26-22(28-23)15-9-5-2-6-10-15;1-20(2)21(3,4)27-22(26-20)19-24-17(15-11-7-5-8-12-15)23-18(25-19)16-13-9-6-10-14-16;9-5-2-1-4-3-6(11)12-8(4)7(5)10;1-3-5-7-9-11-13-15-17-19-20-18-16-14-12-10-8-6-4-2;1-3-5-7-9-11-13-15-17-19-18-16-14-12-10-8-6-4-2;1-3-5-7-9-11-13-15-17-18-16-14-12-10-8-6-4-2/h1-13H;5-14H,1-4H3;1-3H;;;. The van der Waals surface area contributed by atoms with E-state index in [2.05, 4.69) is 52.5 Å². The molecule has 0 spiro atoms. The topological polar surface area (TPSA) is 95.8 Å². The van der Waals surface area contributed by atoms with E-state index < -0.39 is 41.6 Å². The summed E-state index contributed by atoms with van der Waals surface area (Å²) in [7, 11) is 86.4. The van der Waals surface area contributed by atoms with Gasteiger partial charge in [0.15, 0.2) is 58.1 Å². The van der Waals surface area contributed by atoms with Crippen molar-refractivity contribution in [1.82, 2.24) is 29.9 Å². The van der Waals surface area contributed by atoms with Gasteiger partial charge in [-0.25, -0.2) is 47.5 Å². The monoisotopic (exact) mass is 2880 g/mol. The zero-order valence-corrected chi connectivity index (χ0v) is 110. The second-order valence-corrected chi connectivity index (χ2v) is 114. The summed E-state index contributed by atoms with van der Waals surface area (Å²) >= 11 is 33.0. The Morgan fingerprint density at radius 3 is 0.744 bits per heavy atom. The third-order valence-electron chi connectivity index (χ3n) is 12.6. The lowest BCUT2D eigenvalue weighted by molar-refractivity contribution is 0.00578. The highest BCUT2D eigenvalue weighted by Gasteiger charge is 2.53. The summed E-state index contributed by atoms with van der Waals surface area (Å²) in [6.07, 6.45) is 0. The average Bonchev–Trinajstić information content (AvgIpc) is 1.62. The van der Waals surface area contributed by atoms with E-state index in [-0.39, 0.29) is 4.70 Å². The second-order valence-electron chi connectivity index (χ2n) is 19.9. The summed E-state index contributed by atoms with van der Waals surface area (Å²) in [5, 5.41) is 1.38. The molecule has 0 N–H and O–H groups in total. The van der Waals surface area contributed by atoms with Crippen LogP contribution >= 0.6 is 45.3 Å². The fourth-order valence-electron chi connectivity index (χ4n) is 7.48. The summed E-state index contributed by atoms with van der Waals surface area (Å²) in [4.78, 5) is 28.5. The zero-order valence-electron chi connectivity index (χ0n) is 60.1. The van der Waals surface area contributed by atoms with Crippen molar-refractivity contribution >= 4 is 598 Å². The molecule has 1 fully saturated rings. The Hall–Kier alpha value is 6.23. The van der Waals surface area contributed by atoms with Gasteiger partial charge in [0.25, 0.3) is 0 Å². The molecule has 5 heterocycles. The maximum atomic E-state index is 14.2. The number of hydrogen-bond donors (Lipinski definition) is 0. The lowest BCUT2D eigenvalue weighted by Crippen LogP contribution is -2.41. The maximum absolute atomic E-state index is 14.2. The lowest BCUT2D eigenvalue weighted by Gasteiger charge is -2.32. The molecule has 11 rings (SSSR count). The number of benzene rings is 6. The SMILES string of the molecule is CC1(C)OB(c2nc(-c3ccccc3)nc(-c3ccccc3)n2)OC1(C)C.Fc1ccc2cc(-c3nc(-c4ccccc4)nc(-c4ccccc4)n3)sc2c1F.Fc1ccc2cc(I)sc2c1F.S=S=S=S=S=S=S=S=S=S=S=S=S=S=S=S=S=S.S=S=S=S=S=S=S=S=S=S=S=S=S=S=S=S=S=S=S.S=S=S=S=S=S=S=S=S=S=S=S=S=S=S=S=S=S=S=S. The van der Waals surface area contributed by atoms with E-state index in [4.69, 9.17) is 76.4 Å². The molecule has 8 nitrogen and oxygen atoms in total. The van der Waals surface area contributed by atoms with Gasteiger partial charge in [-0.1, -0.05) is 133 Å². The summed E-state index contributed by atoms with van der Waals surface area (Å²) in [5.41, 5.74) is 3.14. The van der Waals surface area contributed by atoms with Gasteiger partial charge in [0, 0.05) is 542 Å². The van der Waals surface area contributed by atoms with Crippen LogP contribution in [0.4, 0.5) is 17.6 Å². The van der Waals surface area contributed by atoms with Crippen molar-refractivity contribution in [2.24, 2.45) is 0 Å². The number of aromatic nitrogens is 6. The Kier molecular flexibility index (Phi) is 73.7. The minimum atomic E-state index is -0.864. The maximum Gasteiger partial charge on any atom is 0.534 e.